The Bertz CT molecular complexity index is 684. The molecule has 1 aliphatic rings. The van der Waals surface area contributed by atoms with Gasteiger partial charge in [-0.3, -0.25) is 14.4 Å². The lowest BCUT2D eigenvalue weighted by atomic mass is 10.1. The first-order valence-corrected chi connectivity index (χ1v) is 8.28. The normalized spacial score (nSPS) is 18.5. The van der Waals surface area contributed by atoms with E-state index in [0.717, 1.165) is 24.3 Å². The third-order valence-electron chi connectivity index (χ3n) is 4.20. The monoisotopic (exact) mass is 328 g/mol. The maximum Gasteiger partial charge on any atom is 0.238 e. The fourth-order valence-corrected chi connectivity index (χ4v) is 3.00. The van der Waals surface area contributed by atoms with Crippen molar-refractivity contribution in [3.8, 4) is 0 Å². The summed E-state index contributed by atoms with van der Waals surface area (Å²) in [5, 5.41) is 7.21. The van der Waals surface area contributed by atoms with Gasteiger partial charge in [-0.1, -0.05) is 17.7 Å². The average molecular weight is 328 g/mol. The van der Waals surface area contributed by atoms with Crippen molar-refractivity contribution < 1.29 is 9.53 Å². The van der Waals surface area contributed by atoms with Crippen LogP contribution >= 0.6 is 0 Å². The minimum atomic E-state index is 0.0155. The number of amides is 1. The van der Waals surface area contributed by atoms with Crippen molar-refractivity contribution in [2.45, 2.75) is 26.5 Å². The fraction of sp³-hybridized carbons (Fsp3) is 0.444. The molecule has 0 bridgehead atoms. The summed E-state index contributed by atoms with van der Waals surface area (Å²) < 4.78 is 7.64. The molecule has 0 radical (unpaired) electrons. The molecule has 6 nitrogen and oxygen atoms in total. The van der Waals surface area contributed by atoms with E-state index >= 15 is 0 Å². The number of carbonyl (C=O) groups excluding carboxylic acids is 1. The first-order chi connectivity index (χ1) is 11.6. The number of aryl methyl sites for hydroxylation is 2. The third kappa shape index (κ3) is 4.43. The lowest BCUT2D eigenvalue weighted by Crippen LogP contribution is -2.47. The van der Waals surface area contributed by atoms with Crippen LogP contribution in [0.15, 0.2) is 36.7 Å². The van der Waals surface area contributed by atoms with Gasteiger partial charge in [0.15, 0.2) is 0 Å². The van der Waals surface area contributed by atoms with Crippen LogP contribution in [-0.2, 0) is 16.1 Å². The lowest BCUT2D eigenvalue weighted by Gasteiger charge is -2.32. The minimum absolute atomic E-state index is 0.0155. The number of ether oxygens (including phenoxy) is 1. The van der Waals surface area contributed by atoms with Crippen LogP contribution < -0.4 is 5.32 Å². The van der Waals surface area contributed by atoms with Crippen LogP contribution in [0.2, 0.25) is 0 Å². The van der Waals surface area contributed by atoms with Gasteiger partial charge in [0.1, 0.15) is 0 Å². The average Bonchev–Trinajstić information content (AvgIpc) is 3.03. The van der Waals surface area contributed by atoms with Gasteiger partial charge in [-0.2, -0.15) is 5.10 Å². The summed E-state index contributed by atoms with van der Waals surface area (Å²) >= 11 is 0. The van der Waals surface area contributed by atoms with Crippen LogP contribution in [-0.4, -0.2) is 52.9 Å². The molecule has 24 heavy (non-hydrogen) atoms. The molecule has 0 saturated carbocycles. The van der Waals surface area contributed by atoms with E-state index in [1.165, 1.54) is 5.56 Å². The van der Waals surface area contributed by atoms with Crippen LogP contribution in [0.5, 0.6) is 0 Å². The minimum Gasteiger partial charge on any atom is -0.374 e. The zero-order valence-corrected chi connectivity index (χ0v) is 14.2. The second kappa shape index (κ2) is 7.59. The number of rotatable bonds is 5. The molecule has 1 N–H and O–H groups in total. The smallest absolute Gasteiger partial charge is 0.238 e. The molecule has 3 rings (SSSR count). The van der Waals surface area contributed by atoms with E-state index < -0.39 is 0 Å². The Hall–Kier alpha value is -2.18. The maximum atomic E-state index is 12.3. The molecular formula is C18H24N4O2. The number of carbonyl (C=O) groups is 1. The molecule has 1 aromatic carbocycles. The van der Waals surface area contributed by atoms with Crippen molar-refractivity contribution >= 4 is 11.6 Å². The Morgan fingerprint density at radius 2 is 2.29 bits per heavy atom. The number of anilines is 1. The second-order valence-corrected chi connectivity index (χ2v) is 6.32. The standard InChI is InChI=1S/C18H24N4O2/c1-14-4-5-17(15(2)10-14)20-18(23)13-21-8-9-24-16(11-21)12-22-7-3-6-19-22/h3-7,10,16H,8-9,11-13H2,1-2H3,(H,20,23). The number of nitrogens with zero attached hydrogens (tertiary/aromatic N) is 3. The van der Waals surface area contributed by atoms with Crippen molar-refractivity contribution in [1.29, 1.82) is 0 Å². The topological polar surface area (TPSA) is 59.4 Å². The fourth-order valence-electron chi connectivity index (χ4n) is 3.00. The molecule has 1 amide bonds. The zero-order valence-electron chi connectivity index (χ0n) is 14.2. The van der Waals surface area contributed by atoms with E-state index in [0.29, 0.717) is 19.7 Å². The molecule has 1 fully saturated rings. The maximum absolute atomic E-state index is 12.3. The van der Waals surface area contributed by atoms with Gasteiger partial charge >= 0.3 is 0 Å². The Kier molecular flexibility index (Phi) is 5.27. The summed E-state index contributed by atoms with van der Waals surface area (Å²) in [5.41, 5.74) is 3.16. The highest BCUT2D eigenvalue weighted by atomic mass is 16.5. The number of benzene rings is 1. The molecule has 128 valence electrons. The second-order valence-electron chi connectivity index (χ2n) is 6.32. The zero-order chi connectivity index (χ0) is 16.9. The van der Waals surface area contributed by atoms with E-state index in [1.807, 2.05) is 42.9 Å². The van der Waals surface area contributed by atoms with Crippen LogP contribution in [0.3, 0.4) is 0 Å². The van der Waals surface area contributed by atoms with Gasteiger partial charge in [-0.05, 0) is 31.5 Å². The van der Waals surface area contributed by atoms with E-state index in [-0.39, 0.29) is 12.0 Å². The molecule has 6 heteroatoms. The van der Waals surface area contributed by atoms with Crippen molar-refractivity contribution in [1.82, 2.24) is 14.7 Å². The lowest BCUT2D eigenvalue weighted by molar-refractivity contribution is -0.119. The van der Waals surface area contributed by atoms with Crippen LogP contribution in [0.4, 0.5) is 5.69 Å². The van der Waals surface area contributed by atoms with Gasteiger partial charge in [0.05, 0.1) is 25.8 Å². The first kappa shape index (κ1) is 16.7. The number of morpholine rings is 1. The van der Waals surface area contributed by atoms with E-state index in [2.05, 4.69) is 21.4 Å². The summed E-state index contributed by atoms with van der Waals surface area (Å²) in [6.07, 6.45) is 3.75. The summed E-state index contributed by atoms with van der Waals surface area (Å²) in [6, 6.07) is 7.95. The number of hydrogen-bond donors (Lipinski definition) is 1. The van der Waals surface area contributed by atoms with Gasteiger partial charge in [0, 0.05) is 31.2 Å². The predicted octanol–water partition coefficient (Wildman–Crippen LogP) is 1.84. The highest BCUT2D eigenvalue weighted by Crippen LogP contribution is 2.16. The molecule has 0 spiro atoms. The van der Waals surface area contributed by atoms with Crippen LogP contribution in [0.25, 0.3) is 0 Å². The molecule has 1 atom stereocenters. The van der Waals surface area contributed by atoms with Crippen LogP contribution in [0, 0.1) is 13.8 Å². The molecule has 2 heterocycles. The number of hydrogen-bond acceptors (Lipinski definition) is 4. The summed E-state index contributed by atoms with van der Waals surface area (Å²) in [7, 11) is 0. The third-order valence-corrected chi connectivity index (χ3v) is 4.20. The Labute approximate surface area is 142 Å². The predicted molar refractivity (Wildman–Crippen MR) is 93.0 cm³/mol. The first-order valence-electron chi connectivity index (χ1n) is 8.28. The summed E-state index contributed by atoms with van der Waals surface area (Å²) in [4.78, 5) is 14.5. The number of aromatic nitrogens is 2. The SMILES string of the molecule is Cc1ccc(NC(=O)CN2CCOC(Cn3cccn3)C2)c(C)c1. The molecule has 1 saturated heterocycles. The molecule has 1 aromatic heterocycles. The Morgan fingerprint density at radius 1 is 1.42 bits per heavy atom. The van der Waals surface area contributed by atoms with Crippen molar-refractivity contribution in [3.63, 3.8) is 0 Å². The van der Waals surface area contributed by atoms with Gasteiger partial charge in [0.25, 0.3) is 0 Å². The molecular weight excluding hydrogens is 304 g/mol. The van der Waals surface area contributed by atoms with Gasteiger partial charge in [-0.15, -0.1) is 0 Å². The van der Waals surface area contributed by atoms with Crippen molar-refractivity contribution in [2.24, 2.45) is 0 Å². The van der Waals surface area contributed by atoms with Crippen LogP contribution in [0.1, 0.15) is 11.1 Å². The quantitative estimate of drug-likeness (QED) is 0.910. The molecule has 2 aromatic rings. The summed E-state index contributed by atoms with van der Waals surface area (Å²) in [5.74, 6) is 0.0155. The number of nitrogens with one attached hydrogen (secondary N) is 1. The van der Waals surface area contributed by atoms with Gasteiger partial charge in [0.2, 0.25) is 5.91 Å². The highest BCUT2D eigenvalue weighted by Gasteiger charge is 2.22. The van der Waals surface area contributed by atoms with Gasteiger partial charge in [-0.25, -0.2) is 0 Å². The van der Waals surface area contributed by atoms with Crippen molar-refractivity contribution in [3.05, 3.63) is 47.8 Å². The van der Waals surface area contributed by atoms with Crippen molar-refractivity contribution in [2.75, 3.05) is 31.6 Å². The highest BCUT2D eigenvalue weighted by molar-refractivity contribution is 5.93. The van der Waals surface area contributed by atoms with E-state index in [4.69, 9.17) is 4.74 Å². The molecule has 1 aliphatic heterocycles. The van der Waals surface area contributed by atoms with E-state index in [9.17, 15) is 4.79 Å². The van der Waals surface area contributed by atoms with E-state index in [1.54, 1.807) is 6.20 Å². The Morgan fingerprint density at radius 3 is 3.04 bits per heavy atom. The molecule has 0 aliphatic carbocycles. The Balaban J connectivity index is 1.52. The largest absolute Gasteiger partial charge is 0.374 e. The molecule has 1 unspecified atom stereocenters. The summed E-state index contributed by atoms with van der Waals surface area (Å²) in [6.45, 7) is 7.30. The van der Waals surface area contributed by atoms with Gasteiger partial charge < -0.3 is 10.1 Å².